The van der Waals surface area contributed by atoms with Gasteiger partial charge < -0.3 is 15.0 Å². The number of hydrogen-bond acceptors (Lipinski definition) is 3. The molecule has 2 aliphatic rings. The van der Waals surface area contributed by atoms with Gasteiger partial charge in [-0.25, -0.2) is 0 Å². The molecule has 124 valence electrons. The molecule has 2 fully saturated rings. The molecule has 0 aromatic heterocycles. The Balaban J connectivity index is 1.93. The average molecular weight is 296 g/mol. The van der Waals surface area contributed by atoms with Crippen LogP contribution in [0.4, 0.5) is 0 Å². The molecule has 0 radical (unpaired) electrons. The average Bonchev–Trinajstić information content (AvgIpc) is 2.43. The molecule has 1 saturated carbocycles. The zero-order valence-electron chi connectivity index (χ0n) is 14.7. The molecular weight excluding hydrogens is 260 g/mol. The molecule has 3 nitrogen and oxygen atoms in total. The summed E-state index contributed by atoms with van der Waals surface area (Å²) in [6, 6.07) is 0.680. The molecule has 0 amide bonds. The first kappa shape index (κ1) is 17.2. The third-order valence-corrected chi connectivity index (χ3v) is 5.63. The van der Waals surface area contributed by atoms with E-state index in [2.05, 4.69) is 31.0 Å². The smallest absolute Gasteiger partial charge is 0.0502 e. The predicted octanol–water partition coefficient (Wildman–Crippen LogP) is 3.15. The SMILES string of the molecule is CCNC1C(CN2CCCC(COC)C2)CCCC1(C)C. The van der Waals surface area contributed by atoms with Gasteiger partial charge in [-0.1, -0.05) is 27.2 Å². The summed E-state index contributed by atoms with van der Waals surface area (Å²) in [5, 5.41) is 3.80. The van der Waals surface area contributed by atoms with Crippen molar-refractivity contribution >= 4 is 0 Å². The van der Waals surface area contributed by atoms with E-state index in [4.69, 9.17) is 4.74 Å². The molecule has 3 heteroatoms. The van der Waals surface area contributed by atoms with Gasteiger partial charge in [0.25, 0.3) is 0 Å². The molecule has 0 aromatic carbocycles. The summed E-state index contributed by atoms with van der Waals surface area (Å²) in [6.45, 7) is 13.0. The summed E-state index contributed by atoms with van der Waals surface area (Å²) < 4.78 is 5.37. The molecule has 1 heterocycles. The van der Waals surface area contributed by atoms with Gasteiger partial charge in [-0.3, -0.25) is 0 Å². The summed E-state index contributed by atoms with van der Waals surface area (Å²) in [4.78, 5) is 2.71. The number of nitrogens with one attached hydrogen (secondary N) is 1. The molecule has 2 rings (SSSR count). The molecule has 0 spiro atoms. The van der Waals surface area contributed by atoms with Gasteiger partial charge in [0.2, 0.25) is 0 Å². The highest BCUT2D eigenvalue weighted by atomic mass is 16.5. The first-order valence-electron chi connectivity index (χ1n) is 9.01. The van der Waals surface area contributed by atoms with E-state index in [0.29, 0.717) is 11.5 Å². The molecule has 1 N–H and O–H groups in total. The topological polar surface area (TPSA) is 24.5 Å². The summed E-state index contributed by atoms with van der Waals surface area (Å²) in [6.07, 6.45) is 6.85. The van der Waals surface area contributed by atoms with Gasteiger partial charge in [0.05, 0.1) is 6.61 Å². The quantitative estimate of drug-likeness (QED) is 0.815. The minimum absolute atomic E-state index is 0.445. The minimum Gasteiger partial charge on any atom is -0.384 e. The molecular formula is C18H36N2O. The number of nitrogens with zero attached hydrogens (tertiary/aromatic N) is 1. The lowest BCUT2D eigenvalue weighted by molar-refractivity contribution is 0.0477. The number of likely N-dealkylation sites (tertiary alicyclic amines) is 1. The maximum Gasteiger partial charge on any atom is 0.0502 e. The van der Waals surface area contributed by atoms with Gasteiger partial charge in [-0.2, -0.15) is 0 Å². The van der Waals surface area contributed by atoms with Crippen molar-refractivity contribution in [3.05, 3.63) is 0 Å². The van der Waals surface area contributed by atoms with E-state index in [9.17, 15) is 0 Å². The van der Waals surface area contributed by atoms with Crippen molar-refractivity contribution in [2.24, 2.45) is 17.3 Å². The fourth-order valence-corrected chi connectivity index (χ4v) is 4.66. The largest absolute Gasteiger partial charge is 0.384 e. The second-order valence-electron chi connectivity index (χ2n) is 7.90. The van der Waals surface area contributed by atoms with Crippen molar-refractivity contribution in [3.63, 3.8) is 0 Å². The molecule has 3 unspecified atom stereocenters. The van der Waals surface area contributed by atoms with Crippen LogP contribution in [0.5, 0.6) is 0 Å². The Kier molecular flexibility index (Phi) is 6.51. The fraction of sp³-hybridized carbons (Fsp3) is 1.00. The second-order valence-corrected chi connectivity index (χ2v) is 7.90. The van der Waals surface area contributed by atoms with Crippen LogP contribution in [0.2, 0.25) is 0 Å². The third kappa shape index (κ3) is 4.67. The Bertz CT molecular complexity index is 304. The van der Waals surface area contributed by atoms with Gasteiger partial charge in [0.15, 0.2) is 0 Å². The number of ether oxygens (including phenoxy) is 1. The van der Waals surface area contributed by atoms with E-state index in [0.717, 1.165) is 25.0 Å². The summed E-state index contributed by atoms with van der Waals surface area (Å²) >= 11 is 0. The number of methoxy groups -OCH3 is 1. The normalized spacial score (nSPS) is 34.0. The van der Waals surface area contributed by atoms with E-state index in [-0.39, 0.29) is 0 Å². The summed E-state index contributed by atoms with van der Waals surface area (Å²) in [5.41, 5.74) is 0.445. The van der Waals surface area contributed by atoms with Crippen LogP contribution in [0.15, 0.2) is 0 Å². The Morgan fingerprint density at radius 3 is 2.76 bits per heavy atom. The molecule has 1 aliphatic carbocycles. The molecule has 0 bridgehead atoms. The highest BCUT2D eigenvalue weighted by Crippen LogP contribution is 2.39. The van der Waals surface area contributed by atoms with Crippen LogP contribution >= 0.6 is 0 Å². The fourth-order valence-electron chi connectivity index (χ4n) is 4.66. The lowest BCUT2D eigenvalue weighted by atomic mass is 9.67. The van der Waals surface area contributed by atoms with Crippen molar-refractivity contribution in [1.29, 1.82) is 0 Å². The van der Waals surface area contributed by atoms with E-state index < -0.39 is 0 Å². The van der Waals surface area contributed by atoms with Crippen LogP contribution in [0.25, 0.3) is 0 Å². The van der Waals surface area contributed by atoms with Crippen LogP contribution in [-0.4, -0.2) is 50.8 Å². The third-order valence-electron chi connectivity index (χ3n) is 5.63. The predicted molar refractivity (Wildman–Crippen MR) is 89.6 cm³/mol. The maximum absolute atomic E-state index is 5.37. The number of hydrogen-bond donors (Lipinski definition) is 1. The first-order valence-corrected chi connectivity index (χ1v) is 9.01. The Morgan fingerprint density at radius 2 is 2.05 bits per heavy atom. The Morgan fingerprint density at radius 1 is 1.24 bits per heavy atom. The van der Waals surface area contributed by atoms with E-state index in [1.54, 1.807) is 0 Å². The van der Waals surface area contributed by atoms with Crippen molar-refractivity contribution in [1.82, 2.24) is 10.2 Å². The van der Waals surface area contributed by atoms with Crippen LogP contribution in [0.1, 0.15) is 52.9 Å². The summed E-state index contributed by atoms with van der Waals surface area (Å²) in [7, 11) is 1.84. The second kappa shape index (κ2) is 7.94. The number of piperidine rings is 1. The Labute approximate surface area is 131 Å². The summed E-state index contributed by atoms with van der Waals surface area (Å²) in [5.74, 6) is 1.56. The van der Waals surface area contributed by atoms with Gasteiger partial charge in [0, 0.05) is 26.2 Å². The van der Waals surface area contributed by atoms with Crippen molar-refractivity contribution in [2.45, 2.75) is 58.9 Å². The van der Waals surface area contributed by atoms with Crippen LogP contribution in [0, 0.1) is 17.3 Å². The van der Waals surface area contributed by atoms with Gasteiger partial charge in [0.1, 0.15) is 0 Å². The van der Waals surface area contributed by atoms with Crippen molar-refractivity contribution < 1.29 is 4.74 Å². The van der Waals surface area contributed by atoms with Crippen molar-refractivity contribution in [2.75, 3.05) is 39.9 Å². The highest BCUT2D eigenvalue weighted by molar-refractivity contribution is 4.94. The standard InChI is InChI=1S/C18H36N2O/c1-5-19-17-16(9-6-10-18(17,2)3)13-20-11-7-8-15(12-20)14-21-4/h15-17,19H,5-14H2,1-4H3. The maximum atomic E-state index is 5.37. The zero-order valence-corrected chi connectivity index (χ0v) is 14.7. The van der Waals surface area contributed by atoms with Gasteiger partial charge in [-0.05, 0) is 56.0 Å². The van der Waals surface area contributed by atoms with E-state index in [1.165, 1.54) is 51.7 Å². The minimum atomic E-state index is 0.445. The first-order chi connectivity index (χ1) is 10.1. The van der Waals surface area contributed by atoms with Crippen molar-refractivity contribution in [3.8, 4) is 0 Å². The van der Waals surface area contributed by atoms with Crippen LogP contribution < -0.4 is 5.32 Å². The monoisotopic (exact) mass is 296 g/mol. The highest BCUT2D eigenvalue weighted by Gasteiger charge is 2.39. The zero-order chi connectivity index (χ0) is 15.3. The molecule has 3 atom stereocenters. The van der Waals surface area contributed by atoms with Gasteiger partial charge >= 0.3 is 0 Å². The Hall–Kier alpha value is -0.120. The lowest BCUT2D eigenvalue weighted by Gasteiger charge is -2.47. The van der Waals surface area contributed by atoms with Crippen LogP contribution in [0.3, 0.4) is 0 Å². The lowest BCUT2D eigenvalue weighted by Crippen LogP contribution is -2.53. The number of rotatable bonds is 6. The van der Waals surface area contributed by atoms with Crippen LogP contribution in [-0.2, 0) is 4.74 Å². The molecule has 1 saturated heterocycles. The molecule has 1 aliphatic heterocycles. The molecule has 0 aromatic rings. The van der Waals surface area contributed by atoms with E-state index >= 15 is 0 Å². The molecule has 21 heavy (non-hydrogen) atoms. The van der Waals surface area contributed by atoms with E-state index in [1.807, 2.05) is 7.11 Å². The van der Waals surface area contributed by atoms with Gasteiger partial charge in [-0.15, -0.1) is 0 Å².